The Hall–Kier alpha value is -3.51. The fourth-order valence-electron chi connectivity index (χ4n) is 5.68. The van der Waals surface area contributed by atoms with Crippen LogP contribution in [0.25, 0.3) is 22.4 Å². The lowest BCUT2D eigenvalue weighted by atomic mass is 9.72. The first-order valence-electron chi connectivity index (χ1n) is 13.4. The highest BCUT2D eigenvalue weighted by atomic mass is 16.2. The third-order valence-corrected chi connectivity index (χ3v) is 7.96. The third-order valence-electron chi connectivity index (χ3n) is 7.96. The molecular weight excluding hydrogens is 460 g/mol. The smallest absolute Gasteiger partial charge is 0.224 e. The summed E-state index contributed by atoms with van der Waals surface area (Å²) >= 11 is 0. The summed E-state index contributed by atoms with van der Waals surface area (Å²) in [5.41, 5.74) is 12.2. The van der Waals surface area contributed by atoms with Crippen LogP contribution in [0.4, 0.5) is 5.69 Å². The van der Waals surface area contributed by atoms with Crippen molar-refractivity contribution in [1.82, 2.24) is 10.3 Å². The Balaban J connectivity index is 1.31. The molecule has 0 aliphatic heterocycles. The zero-order valence-corrected chi connectivity index (χ0v) is 21.5. The summed E-state index contributed by atoms with van der Waals surface area (Å²) in [6.45, 7) is 1.56. The Morgan fingerprint density at radius 2 is 1.68 bits per heavy atom. The first-order chi connectivity index (χ1) is 17.9. The summed E-state index contributed by atoms with van der Waals surface area (Å²) in [6.07, 6.45) is 9.23. The van der Waals surface area contributed by atoms with Crippen molar-refractivity contribution in [2.45, 2.75) is 69.9 Å². The van der Waals surface area contributed by atoms with Crippen LogP contribution in [0.2, 0.25) is 0 Å². The van der Waals surface area contributed by atoms with Gasteiger partial charge in [-0.15, -0.1) is 0 Å². The molecule has 5 rings (SSSR count). The van der Waals surface area contributed by atoms with Gasteiger partial charge in [-0.1, -0.05) is 54.6 Å². The minimum absolute atomic E-state index is 0.00892. The lowest BCUT2D eigenvalue weighted by Crippen LogP contribution is -2.43. The van der Waals surface area contributed by atoms with Crippen molar-refractivity contribution in [3.8, 4) is 22.4 Å². The fraction of sp³-hybridized carbons (Fsp3) is 0.387. The van der Waals surface area contributed by atoms with E-state index in [1.165, 1.54) is 12.0 Å². The maximum atomic E-state index is 12.9. The monoisotopic (exact) mass is 496 g/mol. The van der Waals surface area contributed by atoms with E-state index in [2.05, 4.69) is 47.0 Å². The molecule has 6 nitrogen and oxygen atoms in total. The number of benzene rings is 2. The van der Waals surface area contributed by atoms with Gasteiger partial charge in [-0.05, 0) is 68.1 Å². The zero-order chi connectivity index (χ0) is 25.8. The van der Waals surface area contributed by atoms with E-state index < -0.39 is 0 Å². The number of nitrogens with zero attached hydrogens (tertiary/aromatic N) is 1. The van der Waals surface area contributed by atoms with Gasteiger partial charge in [0.1, 0.15) is 0 Å². The number of hydrogen-bond donors (Lipinski definition) is 3. The Morgan fingerprint density at radius 1 is 0.973 bits per heavy atom. The van der Waals surface area contributed by atoms with Crippen LogP contribution in [0.3, 0.4) is 0 Å². The first kappa shape index (κ1) is 25.2. The maximum absolute atomic E-state index is 12.9. The van der Waals surface area contributed by atoms with E-state index in [1.807, 2.05) is 24.3 Å². The van der Waals surface area contributed by atoms with Gasteiger partial charge < -0.3 is 16.4 Å². The van der Waals surface area contributed by atoms with Crippen molar-refractivity contribution >= 4 is 17.5 Å². The predicted octanol–water partition coefficient (Wildman–Crippen LogP) is 5.78. The van der Waals surface area contributed by atoms with Crippen LogP contribution in [0, 0.1) is 5.92 Å². The number of pyridine rings is 1. The molecule has 192 valence electrons. The SMILES string of the molecule is CC(=O)NC1CCC(CC(=O)Nc2cnc(-c3ccc(C4(N)CCC4)cc3)c(-c3ccccc3)c2)CC1. The molecule has 4 N–H and O–H groups in total. The summed E-state index contributed by atoms with van der Waals surface area (Å²) < 4.78 is 0. The molecule has 2 fully saturated rings. The third kappa shape index (κ3) is 5.91. The summed E-state index contributed by atoms with van der Waals surface area (Å²) in [4.78, 5) is 29.0. The molecular formula is C31H36N4O2. The number of anilines is 1. The zero-order valence-electron chi connectivity index (χ0n) is 21.5. The van der Waals surface area contributed by atoms with E-state index in [9.17, 15) is 9.59 Å². The van der Waals surface area contributed by atoms with Crippen LogP contribution in [-0.2, 0) is 15.1 Å². The van der Waals surface area contributed by atoms with Gasteiger partial charge in [-0.3, -0.25) is 14.6 Å². The highest BCUT2D eigenvalue weighted by Gasteiger charge is 2.34. The Morgan fingerprint density at radius 3 is 2.30 bits per heavy atom. The van der Waals surface area contributed by atoms with Gasteiger partial charge in [0, 0.05) is 36.1 Å². The van der Waals surface area contributed by atoms with Crippen molar-refractivity contribution in [3.63, 3.8) is 0 Å². The second kappa shape index (κ2) is 10.9. The Bertz CT molecular complexity index is 1240. The molecule has 2 aromatic carbocycles. The molecule has 2 aliphatic rings. The quantitative estimate of drug-likeness (QED) is 0.386. The van der Waals surface area contributed by atoms with E-state index in [4.69, 9.17) is 10.7 Å². The lowest BCUT2D eigenvalue weighted by Gasteiger charge is -2.38. The Labute approximate surface area is 219 Å². The van der Waals surface area contributed by atoms with Crippen LogP contribution in [0.15, 0.2) is 66.9 Å². The van der Waals surface area contributed by atoms with E-state index >= 15 is 0 Å². The minimum Gasteiger partial charge on any atom is -0.354 e. The molecule has 0 radical (unpaired) electrons. The van der Waals surface area contributed by atoms with Gasteiger partial charge in [0.25, 0.3) is 0 Å². The molecule has 0 bridgehead atoms. The van der Waals surface area contributed by atoms with Gasteiger partial charge >= 0.3 is 0 Å². The summed E-state index contributed by atoms with van der Waals surface area (Å²) in [7, 11) is 0. The predicted molar refractivity (Wildman–Crippen MR) is 148 cm³/mol. The molecule has 1 aromatic heterocycles. The van der Waals surface area contributed by atoms with E-state index in [0.717, 1.165) is 60.9 Å². The number of nitrogens with two attached hydrogens (primary N) is 1. The van der Waals surface area contributed by atoms with Crippen LogP contribution in [0.5, 0.6) is 0 Å². The van der Waals surface area contributed by atoms with E-state index in [1.54, 1.807) is 13.1 Å². The minimum atomic E-state index is -0.189. The van der Waals surface area contributed by atoms with Crippen molar-refractivity contribution in [1.29, 1.82) is 0 Å². The molecule has 2 saturated carbocycles. The maximum Gasteiger partial charge on any atom is 0.224 e. The van der Waals surface area contributed by atoms with Crippen LogP contribution in [0.1, 0.15) is 63.9 Å². The van der Waals surface area contributed by atoms with Crippen molar-refractivity contribution in [2.24, 2.45) is 11.7 Å². The molecule has 0 unspecified atom stereocenters. The van der Waals surface area contributed by atoms with Gasteiger partial charge in [0.05, 0.1) is 17.6 Å². The van der Waals surface area contributed by atoms with Gasteiger partial charge in [0.15, 0.2) is 0 Å². The van der Waals surface area contributed by atoms with Crippen LogP contribution < -0.4 is 16.4 Å². The highest BCUT2D eigenvalue weighted by Crippen LogP contribution is 2.40. The second-order valence-electron chi connectivity index (χ2n) is 10.7. The molecule has 2 aliphatic carbocycles. The molecule has 0 atom stereocenters. The lowest BCUT2D eigenvalue weighted by molar-refractivity contribution is -0.120. The van der Waals surface area contributed by atoms with Gasteiger partial charge in [-0.25, -0.2) is 0 Å². The topological polar surface area (TPSA) is 97.1 Å². The molecule has 6 heteroatoms. The summed E-state index contributed by atoms with van der Waals surface area (Å²) in [6, 6.07) is 20.9. The molecule has 37 heavy (non-hydrogen) atoms. The number of aromatic nitrogens is 1. The van der Waals surface area contributed by atoms with E-state index in [0.29, 0.717) is 18.0 Å². The fourth-order valence-corrected chi connectivity index (χ4v) is 5.68. The largest absolute Gasteiger partial charge is 0.354 e. The number of rotatable bonds is 7. The molecule has 3 aromatic rings. The highest BCUT2D eigenvalue weighted by molar-refractivity contribution is 5.93. The number of amides is 2. The second-order valence-corrected chi connectivity index (χ2v) is 10.7. The average Bonchev–Trinajstić information content (AvgIpc) is 2.89. The standard InChI is InChI=1S/C31H36N4O2/c1-21(36)34-26-14-8-22(9-15-26)18-29(37)35-27-19-28(23-6-3-2-4-7-23)30(33-20-27)24-10-12-25(13-11-24)31(32)16-5-17-31/h2-4,6-7,10-13,19-20,22,26H,5,8-9,14-18,32H2,1H3,(H,34,36)(H,35,37). The number of carbonyl (C=O) groups is 2. The van der Waals surface area contributed by atoms with Crippen molar-refractivity contribution < 1.29 is 9.59 Å². The molecule has 0 spiro atoms. The Kier molecular flexibility index (Phi) is 7.38. The van der Waals surface area contributed by atoms with Crippen LogP contribution >= 0.6 is 0 Å². The molecule has 2 amide bonds. The average molecular weight is 497 g/mol. The van der Waals surface area contributed by atoms with Gasteiger partial charge in [0.2, 0.25) is 11.8 Å². The van der Waals surface area contributed by atoms with Crippen molar-refractivity contribution in [2.75, 3.05) is 5.32 Å². The molecule has 1 heterocycles. The normalized spacial score (nSPS) is 20.5. The van der Waals surface area contributed by atoms with Crippen LogP contribution in [-0.4, -0.2) is 22.8 Å². The number of hydrogen-bond acceptors (Lipinski definition) is 4. The summed E-state index contributed by atoms with van der Waals surface area (Å²) in [5.74, 6) is 0.365. The van der Waals surface area contributed by atoms with Crippen molar-refractivity contribution in [3.05, 3.63) is 72.4 Å². The summed E-state index contributed by atoms with van der Waals surface area (Å²) in [5, 5.41) is 6.08. The van der Waals surface area contributed by atoms with Gasteiger partial charge in [-0.2, -0.15) is 0 Å². The molecule has 0 saturated heterocycles. The number of nitrogens with one attached hydrogen (secondary N) is 2. The van der Waals surface area contributed by atoms with E-state index in [-0.39, 0.29) is 23.4 Å². The first-order valence-corrected chi connectivity index (χ1v) is 13.4. The number of carbonyl (C=O) groups excluding carboxylic acids is 2.